The highest BCUT2D eigenvalue weighted by Crippen LogP contribution is 2.27. The fraction of sp³-hybridized carbons (Fsp3) is 0.667. The summed E-state index contributed by atoms with van der Waals surface area (Å²) in [5.74, 6) is 0.924. The summed E-state index contributed by atoms with van der Waals surface area (Å²) in [4.78, 5) is 2.63. The van der Waals surface area contributed by atoms with Gasteiger partial charge in [-0.15, -0.1) is 0 Å². The van der Waals surface area contributed by atoms with Gasteiger partial charge in [0.2, 0.25) is 0 Å². The van der Waals surface area contributed by atoms with E-state index < -0.39 is 0 Å². The van der Waals surface area contributed by atoms with Gasteiger partial charge in [0.25, 0.3) is 0 Å². The molecule has 2 nitrogen and oxygen atoms in total. The van der Waals surface area contributed by atoms with Crippen LogP contribution in [0.1, 0.15) is 51.1 Å². The van der Waals surface area contributed by atoms with Gasteiger partial charge >= 0.3 is 0 Å². The molecular formula is C18H29ClN2. The maximum absolute atomic E-state index is 6.36. The molecule has 1 fully saturated rings. The highest BCUT2D eigenvalue weighted by molar-refractivity contribution is 6.31. The first-order valence-corrected chi connectivity index (χ1v) is 8.82. The van der Waals surface area contributed by atoms with E-state index >= 15 is 0 Å². The highest BCUT2D eigenvalue weighted by Gasteiger charge is 2.22. The summed E-state index contributed by atoms with van der Waals surface area (Å²) in [7, 11) is 0. The maximum Gasteiger partial charge on any atom is 0.0453 e. The summed E-state index contributed by atoms with van der Waals surface area (Å²) >= 11 is 6.36. The standard InChI is InChI=1S/C18H29ClN2/c1-3-7-15-10-12-21(14-15)13-11-18(20-4-2)16-8-5-6-9-17(16)19/h5-6,8-9,15,18,20H,3-4,7,10-14H2,1-2H3. The smallest absolute Gasteiger partial charge is 0.0453 e. The molecule has 2 rings (SSSR count). The fourth-order valence-electron chi connectivity index (χ4n) is 3.44. The molecule has 1 aliphatic rings. The SMILES string of the molecule is CCCC1CCN(CCC(NCC)c2ccccc2Cl)C1. The first-order chi connectivity index (χ1) is 10.2. The van der Waals surface area contributed by atoms with Gasteiger partial charge in [-0.1, -0.05) is 50.1 Å². The monoisotopic (exact) mass is 308 g/mol. The lowest BCUT2D eigenvalue weighted by Crippen LogP contribution is -2.28. The Morgan fingerprint density at radius 2 is 2.14 bits per heavy atom. The quantitative estimate of drug-likeness (QED) is 0.760. The van der Waals surface area contributed by atoms with Crippen LogP contribution in [0.5, 0.6) is 0 Å². The van der Waals surface area contributed by atoms with Gasteiger partial charge in [0.1, 0.15) is 0 Å². The van der Waals surface area contributed by atoms with Crippen molar-refractivity contribution in [3.05, 3.63) is 34.9 Å². The minimum atomic E-state index is 0.369. The molecule has 1 aromatic carbocycles. The summed E-state index contributed by atoms with van der Waals surface area (Å²) in [5, 5.41) is 4.47. The lowest BCUT2D eigenvalue weighted by Gasteiger charge is -2.23. The molecule has 1 N–H and O–H groups in total. The summed E-state index contributed by atoms with van der Waals surface area (Å²) in [6.45, 7) is 9.16. The number of halogens is 1. The molecule has 2 atom stereocenters. The molecule has 0 saturated carbocycles. The van der Waals surface area contributed by atoms with Crippen molar-refractivity contribution in [3.63, 3.8) is 0 Å². The Labute approximate surface area is 134 Å². The largest absolute Gasteiger partial charge is 0.310 e. The van der Waals surface area contributed by atoms with Crippen LogP contribution >= 0.6 is 11.6 Å². The zero-order chi connectivity index (χ0) is 15.1. The zero-order valence-corrected chi connectivity index (χ0v) is 14.2. The summed E-state index contributed by atoms with van der Waals surface area (Å²) in [5.41, 5.74) is 1.24. The molecule has 0 amide bonds. The Bertz CT molecular complexity index is 421. The molecule has 2 unspecified atom stereocenters. The molecule has 1 saturated heterocycles. The normalized spacial score (nSPS) is 20.8. The number of hydrogen-bond acceptors (Lipinski definition) is 2. The van der Waals surface area contributed by atoms with Crippen LogP contribution in [0.15, 0.2) is 24.3 Å². The first kappa shape index (κ1) is 16.8. The Morgan fingerprint density at radius 1 is 1.33 bits per heavy atom. The number of benzene rings is 1. The van der Waals surface area contributed by atoms with Gasteiger partial charge in [0, 0.05) is 17.6 Å². The zero-order valence-electron chi connectivity index (χ0n) is 13.4. The van der Waals surface area contributed by atoms with E-state index in [-0.39, 0.29) is 0 Å². The number of rotatable bonds is 8. The van der Waals surface area contributed by atoms with E-state index in [4.69, 9.17) is 11.6 Å². The summed E-state index contributed by atoms with van der Waals surface area (Å²) in [6, 6.07) is 8.60. The number of likely N-dealkylation sites (tertiary alicyclic amines) is 1. The van der Waals surface area contributed by atoms with E-state index in [1.54, 1.807) is 0 Å². The molecule has 21 heavy (non-hydrogen) atoms. The van der Waals surface area contributed by atoms with Gasteiger partial charge in [-0.25, -0.2) is 0 Å². The lowest BCUT2D eigenvalue weighted by atomic mass is 10.0. The predicted molar refractivity (Wildman–Crippen MR) is 91.9 cm³/mol. The topological polar surface area (TPSA) is 15.3 Å². The van der Waals surface area contributed by atoms with Crippen molar-refractivity contribution in [3.8, 4) is 0 Å². The van der Waals surface area contributed by atoms with Crippen molar-refractivity contribution in [2.45, 2.75) is 45.6 Å². The van der Waals surface area contributed by atoms with Crippen LogP contribution in [0.2, 0.25) is 5.02 Å². The summed E-state index contributed by atoms with van der Waals surface area (Å²) in [6.07, 6.45) is 5.22. The average molecular weight is 309 g/mol. The minimum absolute atomic E-state index is 0.369. The van der Waals surface area contributed by atoms with Crippen LogP contribution in [0.4, 0.5) is 0 Å². The van der Waals surface area contributed by atoms with Gasteiger partial charge < -0.3 is 10.2 Å². The van der Waals surface area contributed by atoms with Gasteiger partial charge in [0.15, 0.2) is 0 Å². The van der Waals surface area contributed by atoms with E-state index in [9.17, 15) is 0 Å². The third-order valence-corrected chi connectivity index (χ3v) is 4.88. The second kappa shape index (κ2) is 8.77. The molecule has 0 spiro atoms. The number of nitrogens with zero attached hydrogens (tertiary/aromatic N) is 1. The Morgan fingerprint density at radius 3 is 2.86 bits per heavy atom. The lowest BCUT2D eigenvalue weighted by molar-refractivity contribution is 0.297. The van der Waals surface area contributed by atoms with E-state index in [2.05, 4.69) is 36.2 Å². The Kier molecular flexibility index (Phi) is 7.01. The molecule has 1 aromatic rings. The summed E-state index contributed by atoms with van der Waals surface area (Å²) < 4.78 is 0. The van der Waals surface area contributed by atoms with Crippen LogP contribution in [0.25, 0.3) is 0 Å². The van der Waals surface area contributed by atoms with Crippen molar-refractivity contribution in [2.75, 3.05) is 26.2 Å². The molecule has 118 valence electrons. The van der Waals surface area contributed by atoms with Crippen molar-refractivity contribution >= 4 is 11.6 Å². The van der Waals surface area contributed by atoms with Crippen LogP contribution in [0, 0.1) is 5.92 Å². The van der Waals surface area contributed by atoms with E-state index in [1.807, 2.05) is 12.1 Å². The van der Waals surface area contributed by atoms with Crippen LogP contribution in [0.3, 0.4) is 0 Å². The predicted octanol–water partition coefficient (Wildman–Crippen LogP) is 4.50. The van der Waals surface area contributed by atoms with Crippen molar-refractivity contribution < 1.29 is 0 Å². The molecule has 3 heteroatoms. The molecule has 1 aliphatic heterocycles. The first-order valence-electron chi connectivity index (χ1n) is 8.44. The second-order valence-corrected chi connectivity index (χ2v) is 6.57. The third-order valence-electron chi connectivity index (χ3n) is 4.53. The molecule has 0 radical (unpaired) electrons. The van der Waals surface area contributed by atoms with Gasteiger partial charge in [-0.2, -0.15) is 0 Å². The second-order valence-electron chi connectivity index (χ2n) is 6.16. The van der Waals surface area contributed by atoms with Crippen LogP contribution < -0.4 is 5.32 Å². The van der Waals surface area contributed by atoms with Crippen LogP contribution in [-0.2, 0) is 0 Å². The Hall–Kier alpha value is -0.570. The van der Waals surface area contributed by atoms with Gasteiger partial charge in [-0.05, 0) is 56.4 Å². The number of nitrogens with one attached hydrogen (secondary N) is 1. The van der Waals surface area contributed by atoms with Crippen LogP contribution in [-0.4, -0.2) is 31.1 Å². The van der Waals surface area contributed by atoms with E-state index in [0.717, 1.165) is 23.9 Å². The maximum atomic E-state index is 6.36. The highest BCUT2D eigenvalue weighted by atomic mass is 35.5. The van der Waals surface area contributed by atoms with Crippen molar-refractivity contribution in [2.24, 2.45) is 5.92 Å². The van der Waals surface area contributed by atoms with E-state index in [1.165, 1.54) is 44.5 Å². The Balaban J connectivity index is 1.88. The minimum Gasteiger partial charge on any atom is -0.310 e. The third kappa shape index (κ3) is 4.98. The fourth-order valence-corrected chi connectivity index (χ4v) is 3.71. The average Bonchev–Trinajstić information content (AvgIpc) is 2.92. The van der Waals surface area contributed by atoms with E-state index in [0.29, 0.717) is 6.04 Å². The van der Waals surface area contributed by atoms with Gasteiger partial charge in [-0.3, -0.25) is 0 Å². The van der Waals surface area contributed by atoms with Crippen molar-refractivity contribution in [1.29, 1.82) is 0 Å². The van der Waals surface area contributed by atoms with Crippen molar-refractivity contribution in [1.82, 2.24) is 10.2 Å². The van der Waals surface area contributed by atoms with Gasteiger partial charge in [0.05, 0.1) is 0 Å². The molecule has 0 bridgehead atoms. The molecule has 1 heterocycles. The molecule has 0 aliphatic carbocycles. The number of hydrogen-bond donors (Lipinski definition) is 1. The molecule has 0 aromatic heterocycles. The molecular weight excluding hydrogens is 280 g/mol.